The number of hydrogen-bond acceptors (Lipinski definition) is 3. The molecule has 1 aliphatic rings. The summed E-state index contributed by atoms with van der Waals surface area (Å²) < 4.78 is 1.78. The van der Waals surface area contributed by atoms with Gasteiger partial charge in [-0.15, -0.1) is 0 Å². The van der Waals surface area contributed by atoms with Crippen LogP contribution in [0.2, 0.25) is 0 Å². The molecule has 0 saturated carbocycles. The van der Waals surface area contributed by atoms with Gasteiger partial charge in [0.2, 0.25) is 5.91 Å². The summed E-state index contributed by atoms with van der Waals surface area (Å²) in [6, 6.07) is 13.3. The Morgan fingerprint density at radius 2 is 1.96 bits per heavy atom. The summed E-state index contributed by atoms with van der Waals surface area (Å²) in [5.74, 6) is -0.127. The number of nitrogens with one attached hydrogen (secondary N) is 2. The number of para-hydroxylation sites is 1. The SMILES string of the molecule is O=C(CCn1c(=S)[nH]c2ccccc2c1=O)Nc1ccc2c(c1)CCC2. The number of fused-ring (bicyclic) bond motifs is 2. The summed E-state index contributed by atoms with van der Waals surface area (Å²) in [6.45, 7) is 0.246. The van der Waals surface area contributed by atoms with Crippen LogP contribution in [0.25, 0.3) is 10.9 Å². The monoisotopic (exact) mass is 365 g/mol. The number of aryl methyl sites for hydroxylation is 2. The van der Waals surface area contributed by atoms with Crippen molar-refractivity contribution in [2.24, 2.45) is 0 Å². The van der Waals surface area contributed by atoms with Crippen LogP contribution in [0.15, 0.2) is 47.3 Å². The van der Waals surface area contributed by atoms with Crippen molar-refractivity contribution in [3.05, 3.63) is 68.7 Å². The predicted octanol–water partition coefficient (Wildman–Crippen LogP) is 3.58. The molecule has 0 bridgehead atoms. The van der Waals surface area contributed by atoms with E-state index in [0.29, 0.717) is 15.7 Å². The topological polar surface area (TPSA) is 66.9 Å². The van der Waals surface area contributed by atoms with Crippen LogP contribution < -0.4 is 10.9 Å². The lowest BCUT2D eigenvalue weighted by molar-refractivity contribution is -0.116. The Morgan fingerprint density at radius 3 is 2.85 bits per heavy atom. The Bertz CT molecular complexity index is 1110. The second-order valence-corrected chi connectivity index (χ2v) is 6.95. The van der Waals surface area contributed by atoms with Crippen LogP contribution >= 0.6 is 12.2 Å². The molecule has 3 aromatic rings. The first-order valence-corrected chi connectivity index (χ1v) is 9.16. The summed E-state index contributed by atoms with van der Waals surface area (Å²) in [7, 11) is 0. The molecule has 4 rings (SSSR count). The van der Waals surface area contributed by atoms with E-state index < -0.39 is 0 Å². The average Bonchev–Trinajstić information content (AvgIpc) is 3.09. The van der Waals surface area contributed by atoms with E-state index in [1.807, 2.05) is 24.3 Å². The van der Waals surface area contributed by atoms with Crippen LogP contribution in [0.4, 0.5) is 5.69 Å². The second-order valence-electron chi connectivity index (χ2n) is 6.57. The predicted molar refractivity (Wildman–Crippen MR) is 105 cm³/mol. The van der Waals surface area contributed by atoms with Gasteiger partial charge in [-0.25, -0.2) is 0 Å². The Morgan fingerprint density at radius 1 is 1.15 bits per heavy atom. The number of anilines is 1. The van der Waals surface area contributed by atoms with Gasteiger partial charge in [-0.1, -0.05) is 18.2 Å². The summed E-state index contributed by atoms with van der Waals surface area (Å²) in [5.41, 5.74) is 4.04. The molecule has 0 unspecified atom stereocenters. The van der Waals surface area contributed by atoms with Gasteiger partial charge in [0.25, 0.3) is 5.56 Å². The Labute approximate surface area is 155 Å². The Kier molecular flexibility index (Phi) is 4.42. The van der Waals surface area contributed by atoms with Crippen LogP contribution in [0.3, 0.4) is 0 Å². The number of rotatable bonds is 4. The molecule has 1 aliphatic carbocycles. The zero-order chi connectivity index (χ0) is 18.1. The van der Waals surface area contributed by atoms with Crippen molar-refractivity contribution in [2.45, 2.75) is 32.2 Å². The maximum Gasteiger partial charge on any atom is 0.262 e. The van der Waals surface area contributed by atoms with Crippen LogP contribution in [-0.4, -0.2) is 15.5 Å². The van der Waals surface area contributed by atoms with Crippen LogP contribution in [0.5, 0.6) is 0 Å². The first kappa shape index (κ1) is 16.7. The minimum Gasteiger partial charge on any atom is -0.332 e. The van der Waals surface area contributed by atoms with Gasteiger partial charge in [0.1, 0.15) is 0 Å². The van der Waals surface area contributed by atoms with E-state index in [4.69, 9.17) is 12.2 Å². The van der Waals surface area contributed by atoms with Gasteiger partial charge in [0, 0.05) is 18.7 Å². The van der Waals surface area contributed by atoms with Crippen molar-refractivity contribution >= 4 is 34.7 Å². The lowest BCUT2D eigenvalue weighted by atomic mass is 10.1. The van der Waals surface area contributed by atoms with E-state index in [1.165, 1.54) is 22.1 Å². The third-order valence-corrected chi connectivity index (χ3v) is 5.16. The molecule has 6 heteroatoms. The first-order valence-electron chi connectivity index (χ1n) is 8.75. The van der Waals surface area contributed by atoms with Gasteiger partial charge < -0.3 is 10.3 Å². The van der Waals surface area contributed by atoms with Crippen molar-refractivity contribution < 1.29 is 4.79 Å². The minimum absolute atomic E-state index is 0.127. The summed E-state index contributed by atoms with van der Waals surface area (Å²) in [5, 5.41) is 3.49. The van der Waals surface area contributed by atoms with Crippen LogP contribution in [0, 0.1) is 4.77 Å². The van der Waals surface area contributed by atoms with Gasteiger partial charge >= 0.3 is 0 Å². The lowest BCUT2D eigenvalue weighted by Crippen LogP contribution is -2.25. The number of aromatic nitrogens is 2. The number of amides is 1. The average molecular weight is 365 g/mol. The molecule has 2 aromatic carbocycles. The number of carbonyl (C=O) groups is 1. The highest BCUT2D eigenvalue weighted by Crippen LogP contribution is 2.24. The molecule has 5 nitrogen and oxygen atoms in total. The van der Waals surface area contributed by atoms with E-state index in [1.54, 1.807) is 6.07 Å². The zero-order valence-electron chi connectivity index (χ0n) is 14.2. The third kappa shape index (κ3) is 3.20. The summed E-state index contributed by atoms with van der Waals surface area (Å²) in [4.78, 5) is 27.9. The van der Waals surface area contributed by atoms with Crippen molar-refractivity contribution in [1.82, 2.24) is 9.55 Å². The van der Waals surface area contributed by atoms with Crippen molar-refractivity contribution in [3.63, 3.8) is 0 Å². The second kappa shape index (κ2) is 6.88. The number of H-pyrrole nitrogens is 1. The fourth-order valence-corrected chi connectivity index (χ4v) is 3.77. The summed E-state index contributed by atoms with van der Waals surface area (Å²) in [6.07, 6.45) is 3.55. The molecule has 2 N–H and O–H groups in total. The Hall–Kier alpha value is -2.73. The minimum atomic E-state index is -0.172. The highest BCUT2D eigenvalue weighted by atomic mass is 32.1. The maximum atomic E-state index is 12.6. The molecule has 0 atom stereocenters. The molecule has 26 heavy (non-hydrogen) atoms. The van der Waals surface area contributed by atoms with E-state index >= 15 is 0 Å². The largest absolute Gasteiger partial charge is 0.332 e. The molecule has 0 radical (unpaired) electrons. The fourth-order valence-electron chi connectivity index (χ4n) is 3.49. The molecule has 1 heterocycles. The lowest BCUT2D eigenvalue weighted by Gasteiger charge is -2.10. The van der Waals surface area contributed by atoms with Gasteiger partial charge in [0.05, 0.1) is 10.9 Å². The normalized spacial score (nSPS) is 12.9. The van der Waals surface area contributed by atoms with Gasteiger partial charge in [-0.3, -0.25) is 14.2 Å². The van der Waals surface area contributed by atoms with Crippen molar-refractivity contribution in [1.29, 1.82) is 0 Å². The molecule has 0 saturated heterocycles. The van der Waals surface area contributed by atoms with E-state index in [0.717, 1.165) is 18.5 Å². The van der Waals surface area contributed by atoms with Crippen LogP contribution in [0.1, 0.15) is 24.0 Å². The quantitative estimate of drug-likeness (QED) is 0.695. The van der Waals surface area contributed by atoms with Gasteiger partial charge in [-0.2, -0.15) is 0 Å². The van der Waals surface area contributed by atoms with Crippen molar-refractivity contribution in [2.75, 3.05) is 5.32 Å². The molecular formula is C20H19N3O2S. The molecule has 0 spiro atoms. The molecule has 0 aliphatic heterocycles. The van der Waals surface area contributed by atoms with Crippen LogP contribution in [-0.2, 0) is 24.2 Å². The van der Waals surface area contributed by atoms with E-state index in [-0.39, 0.29) is 24.4 Å². The van der Waals surface area contributed by atoms with E-state index in [9.17, 15) is 9.59 Å². The first-order chi connectivity index (χ1) is 12.6. The molecular weight excluding hydrogens is 346 g/mol. The standard InChI is InChI=1S/C20H19N3O2S/c24-18(21-15-9-8-13-4-3-5-14(13)12-15)10-11-23-19(25)16-6-1-2-7-17(16)22-20(23)26/h1-2,6-9,12H,3-5,10-11H2,(H,21,24)(H,22,26). The molecule has 1 amide bonds. The van der Waals surface area contributed by atoms with Gasteiger partial charge in [0.15, 0.2) is 4.77 Å². The molecule has 132 valence electrons. The maximum absolute atomic E-state index is 12.6. The number of hydrogen-bond donors (Lipinski definition) is 2. The highest BCUT2D eigenvalue weighted by Gasteiger charge is 2.12. The van der Waals surface area contributed by atoms with Crippen molar-refractivity contribution in [3.8, 4) is 0 Å². The smallest absolute Gasteiger partial charge is 0.262 e. The third-order valence-electron chi connectivity index (χ3n) is 4.83. The van der Waals surface area contributed by atoms with Gasteiger partial charge in [-0.05, 0) is 66.9 Å². The number of benzene rings is 2. The fraction of sp³-hybridized carbons (Fsp3) is 0.250. The summed E-state index contributed by atoms with van der Waals surface area (Å²) >= 11 is 5.28. The number of carbonyl (C=O) groups excluding carboxylic acids is 1. The molecule has 1 aromatic heterocycles. The molecule has 0 fully saturated rings. The van der Waals surface area contributed by atoms with E-state index in [2.05, 4.69) is 22.4 Å². The highest BCUT2D eigenvalue weighted by molar-refractivity contribution is 7.71. The number of aromatic amines is 1. The Balaban J connectivity index is 1.49. The number of nitrogens with zero attached hydrogens (tertiary/aromatic N) is 1. The zero-order valence-corrected chi connectivity index (χ0v) is 15.1.